The van der Waals surface area contributed by atoms with Crippen molar-refractivity contribution in [3.8, 4) is 0 Å². The smallest absolute Gasteiger partial charge is 0.264 e. The fraction of sp³-hybridized carbons (Fsp3) is 0.250. The standard InChI is InChI=1S/C8H9NO5S/c1-6(14-15(12)13)7-3-2-4-8(5-7)9(10)11/h2-6,15H,1H3. The molecule has 82 valence electrons. The number of benzene rings is 1. The van der Waals surface area contributed by atoms with Crippen LogP contribution >= 0.6 is 0 Å². The molecule has 6 nitrogen and oxygen atoms in total. The molecule has 0 heterocycles. The average Bonchev–Trinajstić information content (AvgIpc) is 2.17. The van der Waals surface area contributed by atoms with Gasteiger partial charge in [-0.1, -0.05) is 12.1 Å². The van der Waals surface area contributed by atoms with Gasteiger partial charge in [-0.15, -0.1) is 0 Å². The molecular weight excluding hydrogens is 222 g/mol. The molecule has 0 aromatic heterocycles. The molecule has 0 radical (unpaired) electrons. The first-order valence-electron chi connectivity index (χ1n) is 4.06. The third-order valence-electron chi connectivity index (χ3n) is 1.79. The summed E-state index contributed by atoms with van der Waals surface area (Å²) in [5.74, 6) is 0. The van der Waals surface area contributed by atoms with Crippen LogP contribution in [0.5, 0.6) is 0 Å². The highest BCUT2D eigenvalue weighted by Crippen LogP contribution is 2.21. The highest BCUT2D eigenvalue weighted by atomic mass is 32.2. The van der Waals surface area contributed by atoms with Crippen LogP contribution in [0.1, 0.15) is 18.6 Å². The van der Waals surface area contributed by atoms with E-state index in [0.29, 0.717) is 5.56 Å². The van der Waals surface area contributed by atoms with E-state index in [1.807, 2.05) is 0 Å². The molecule has 0 aliphatic rings. The predicted octanol–water partition coefficient (Wildman–Crippen LogP) is 1.20. The van der Waals surface area contributed by atoms with E-state index in [2.05, 4.69) is 4.18 Å². The molecule has 0 fully saturated rings. The number of hydrogen-bond acceptors (Lipinski definition) is 5. The molecule has 1 unspecified atom stereocenters. The molecule has 0 aliphatic carbocycles. The number of thiol groups is 1. The third kappa shape index (κ3) is 3.30. The zero-order valence-corrected chi connectivity index (χ0v) is 8.72. The Hall–Kier alpha value is -1.47. The Balaban J connectivity index is 2.94. The van der Waals surface area contributed by atoms with Crippen LogP contribution < -0.4 is 0 Å². The molecule has 0 amide bonds. The molecule has 7 heteroatoms. The fourth-order valence-corrected chi connectivity index (χ4v) is 1.46. The Morgan fingerprint density at radius 3 is 2.67 bits per heavy atom. The van der Waals surface area contributed by atoms with E-state index in [4.69, 9.17) is 0 Å². The molecule has 0 saturated heterocycles. The molecular formula is C8H9NO5S. The van der Waals surface area contributed by atoms with E-state index in [0.717, 1.165) is 0 Å². The summed E-state index contributed by atoms with van der Waals surface area (Å²) in [6.45, 7) is 1.50. The topological polar surface area (TPSA) is 86.5 Å². The van der Waals surface area contributed by atoms with E-state index >= 15 is 0 Å². The van der Waals surface area contributed by atoms with Crippen molar-refractivity contribution in [3.05, 3.63) is 39.9 Å². The summed E-state index contributed by atoms with van der Waals surface area (Å²) in [6, 6.07) is 5.65. The summed E-state index contributed by atoms with van der Waals surface area (Å²) < 4.78 is 25.1. The lowest BCUT2D eigenvalue weighted by Crippen LogP contribution is -1.99. The second kappa shape index (κ2) is 4.85. The number of non-ortho nitro benzene ring substituents is 1. The van der Waals surface area contributed by atoms with Gasteiger partial charge in [-0.05, 0) is 12.5 Å². The predicted molar refractivity (Wildman–Crippen MR) is 52.9 cm³/mol. The van der Waals surface area contributed by atoms with E-state index in [1.54, 1.807) is 6.07 Å². The summed E-state index contributed by atoms with van der Waals surface area (Å²) in [6.07, 6.45) is -0.717. The maximum absolute atomic E-state index is 10.4. The Labute approximate surface area is 87.8 Å². The molecule has 1 aromatic rings. The van der Waals surface area contributed by atoms with Crippen LogP contribution in [0.15, 0.2) is 24.3 Å². The minimum Gasteiger partial charge on any atom is -0.264 e. The minimum absolute atomic E-state index is 0.0934. The van der Waals surface area contributed by atoms with Crippen molar-refractivity contribution in [1.82, 2.24) is 0 Å². The molecule has 0 aliphatic heterocycles. The Morgan fingerprint density at radius 2 is 2.13 bits per heavy atom. The van der Waals surface area contributed by atoms with Gasteiger partial charge in [0.05, 0.1) is 11.0 Å². The van der Waals surface area contributed by atoms with Gasteiger partial charge in [0.1, 0.15) is 0 Å². The van der Waals surface area contributed by atoms with Gasteiger partial charge in [0.25, 0.3) is 16.7 Å². The molecule has 0 saturated carbocycles. The molecule has 1 atom stereocenters. The highest BCUT2D eigenvalue weighted by molar-refractivity contribution is 7.67. The van der Waals surface area contributed by atoms with E-state index in [-0.39, 0.29) is 5.69 Å². The summed E-state index contributed by atoms with van der Waals surface area (Å²) >= 11 is 0. The maximum atomic E-state index is 10.4. The number of nitro groups is 1. The van der Waals surface area contributed by atoms with Gasteiger partial charge < -0.3 is 0 Å². The second-order valence-electron chi connectivity index (χ2n) is 2.82. The van der Waals surface area contributed by atoms with Crippen molar-refractivity contribution in [1.29, 1.82) is 0 Å². The van der Waals surface area contributed by atoms with Crippen LogP contribution in [0.2, 0.25) is 0 Å². The van der Waals surface area contributed by atoms with Crippen LogP contribution in [0.4, 0.5) is 5.69 Å². The number of nitro benzene ring substituents is 1. The lowest BCUT2D eigenvalue weighted by molar-refractivity contribution is -0.385. The summed E-state index contributed by atoms with van der Waals surface area (Å²) in [4.78, 5) is 9.90. The molecule has 0 bridgehead atoms. The van der Waals surface area contributed by atoms with Crippen molar-refractivity contribution in [2.75, 3.05) is 0 Å². The number of nitrogens with zero attached hydrogens (tertiary/aromatic N) is 1. The van der Waals surface area contributed by atoms with Gasteiger partial charge in [-0.25, -0.2) is 8.42 Å². The van der Waals surface area contributed by atoms with Gasteiger partial charge in [-0.3, -0.25) is 14.3 Å². The Bertz CT molecular complexity index is 434. The maximum Gasteiger partial charge on any atom is 0.269 e. The van der Waals surface area contributed by atoms with Gasteiger partial charge in [0.15, 0.2) is 0 Å². The van der Waals surface area contributed by atoms with Crippen molar-refractivity contribution in [2.24, 2.45) is 0 Å². The molecule has 1 aromatic carbocycles. The molecule has 15 heavy (non-hydrogen) atoms. The van der Waals surface area contributed by atoms with Crippen LogP contribution in [0, 0.1) is 10.1 Å². The van der Waals surface area contributed by atoms with Gasteiger partial charge >= 0.3 is 0 Å². The summed E-state index contributed by atoms with van der Waals surface area (Å²) in [7, 11) is -2.96. The molecule has 0 N–H and O–H groups in total. The van der Waals surface area contributed by atoms with Gasteiger partial charge in [0, 0.05) is 12.1 Å². The Kier molecular flexibility index (Phi) is 3.75. The van der Waals surface area contributed by atoms with Crippen LogP contribution in [0.3, 0.4) is 0 Å². The average molecular weight is 231 g/mol. The zero-order valence-electron chi connectivity index (χ0n) is 7.82. The number of hydrogen-bond donors (Lipinski definition) is 1. The normalized spacial score (nSPS) is 12.7. The lowest BCUT2D eigenvalue weighted by atomic mass is 10.1. The summed E-state index contributed by atoms with van der Waals surface area (Å²) in [5.41, 5.74) is 0.354. The highest BCUT2D eigenvalue weighted by Gasteiger charge is 2.11. The molecule has 1 rings (SSSR count). The van der Waals surface area contributed by atoms with Crippen LogP contribution in [-0.2, 0) is 15.2 Å². The largest absolute Gasteiger partial charge is 0.269 e. The van der Waals surface area contributed by atoms with Gasteiger partial charge in [-0.2, -0.15) is 0 Å². The summed E-state index contributed by atoms with van der Waals surface area (Å²) in [5, 5.41) is 10.4. The molecule has 0 spiro atoms. The third-order valence-corrected chi connectivity index (χ3v) is 2.28. The number of rotatable bonds is 4. The van der Waals surface area contributed by atoms with Crippen LogP contribution in [-0.4, -0.2) is 13.3 Å². The van der Waals surface area contributed by atoms with E-state index in [9.17, 15) is 18.5 Å². The van der Waals surface area contributed by atoms with Crippen LogP contribution in [0.25, 0.3) is 0 Å². The monoisotopic (exact) mass is 231 g/mol. The SMILES string of the molecule is CC(O[SH](=O)=O)c1cccc([N+](=O)[O-])c1. The first kappa shape index (κ1) is 11.6. The fourth-order valence-electron chi connectivity index (χ4n) is 1.08. The quantitative estimate of drug-likeness (QED) is 0.478. The van der Waals surface area contributed by atoms with E-state index < -0.39 is 22.0 Å². The van der Waals surface area contributed by atoms with Crippen molar-refractivity contribution >= 4 is 16.7 Å². The van der Waals surface area contributed by atoms with Gasteiger partial charge in [0.2, 0.25) is 0 Å². The van der Waals surface area contributed by atoms with Crippen molar-refractivity contribution in [3.63, 3.8) is 0 Å². The first-order chi connectivity index (χ1) is 7.00. The Morgan fingerprint density at radius 1 is 1.47 bits per heavy atom. The second-order valence-corrected chi connectivity index (χ2v) is 3.48. The zero-order chi connectivity index (χ0) is 11.4. The van der Waals surface area contributed by atoms with Crippen molar-refractivity contribution in [2.45, 2.75) is 13.0 Å². The van der Waals surface area contributed by atoms with E-state index in [1.165, 1.54) is 25.1 Å². The first-order valence-corrected chi connectivity index (χ1v) is 5.16. The van der Waals surface area contributed by atoms with Crippen molar-refractivity contribution < 1.29 is 17.5 Å². The lowest BCUT2D eigenvalue weighted by Gasteiger charge is -2.07. The minimum atomic E-state index is -2.96.